The Morgan fingerprint density at radius 2 is 1.69 bits per heavy atom. The molecular formula is C11H24N2. The highest BCUT2D eigenvalue weighted by Gasteiger charge is 2.34. The van der Waals surface area contributed by atoms with Crippen molar-refractivity contribution in [3.8, 4) is 0 Å². The van der Waals surface area contributed by atoms with Crippen LogP contribution in [-0.4, -0.2) is 49.6 Å². The Morgan fingerprint density at radius 1 is 1.00 bits per heavy atom. The van der Waals surface area contributed by atoms with E-state index in [9.17, 15) is 0 Å². The van der Waals surface area contributed by atoms with Crippen molar-refractivity contribution in [2.75, 3.05) is 33.7 Å². The Morgan fingerprint density at radius 3 is 2.38 bits per heavy atom. The molecule has 2 aliphatic heterocycles. The van der Waals surface area contributed by atoms with Crippen molar-refractivity contribution >= 4 is 0 Å². The first-order chi connectivity index (χ1) is 6.27. The van der Waals surface area contributed by atoms with Gasteiger partial charge in [-0.15, -0.1) is 0 Å². The fourth-order valence-electron chi connectivity index (χ4n) is 2.60. The van der Waals surface area contributed by atoms with Crippen LogP contribution in [0, 0.1) is 5.92 Å². The molecule has 2 atom stereocenters. The van der Waals surface area contributed by atoms with Crippen molar-refractivity contribution in [3.05, 3.63) is 0 Å². The Labute approximate surface area is 82.9 Å². The SMILES string of the molecule is CC.CN1CCC2C(CCN2C)C1. The second kappa shape index (κ2) is 4.97. The highest BCUT2D eigenvalue weighted by molar-refractivity contribution is 4.90. The van der Waals surface area contributed by atoms with E-state index >= 15 is 0 Å². The lowest BCUT2D eigenvalue weighted by Crippen LogP contribution is -2.43. The summed E-state index contributed by atoms with van der Waals surface area (Å²) in [6.07, 6.45) is 2.81. The molecule has 2 heteroatoms. The van der Waals surface area contributed by atoms with E-state index in [1.165, 1.54) is 32.5 Å². The van der Waals surface area contributed by atoms with E-state index in [1.54, 1.807) is 0 Å². The van der Waals surface area contributed by atoms with Gasteiger partial charge < -0.3 is 9.80 Å². The fraction of sp³-hybridized carbons (Fsp3) is 1.00. The molecule has 2 fully saturated rings. The van der Waals surface area contributed by atoms with E-state index < -0.39 is 0 Å². The Hall–Kier alpha value is -0.0800. The third kappa shape index (κ3) is 2.44. The van der Waals surface area contributed by atoms with Gasteiger partial charge in [0.05, 0.1) is 0 Å². The van der Waals surface area contributed by atoms with Crippen LogP contribution in [0.1, 0.15) is 26.7 Å². The first kappa shape index (κ1) is 11.0. The van der Waals surface area contributed by atoms with E-state index in [0.29, 0.717) is 0 Å². The third-order valence-electron chi connectivity index (χ3n) is 3.32. The van der Waals surface area contributed by atoms with Crippen LogP contribution in [0.25, 0.3) is 0 Å². The zero-order valence-corrected chi connectivity index (χ0v) is 9.58. The lowest BCUT2D eigenvalue weighted by atomic mass is 9.93. The van der Waals surface area contributed by atoms with Gasteiger partial charge in [-0.05, 0) is 45.9 Å². The number of likely N-dealkylation sites (tertiary alicyclic amines) is 2. The monoisotopic (exact) mass is 184 g/mol. The van der Waals surface area contributed by atoms with Crippen LogP contribution < -0.4 is 0 Å². The summed E-state index contributed by atoms with van der Waals surface area (Å²) < 4.78 is 0. The quantitative estimate of drug-likeness (QED) is 0.565. The van der Waals surface area contributed by atoms with Crippen LogP contribution in [0.3, 0.4) is 0 Å². The molecule has 0 aromatic carbocycles. The maximum atomic E-state index is 2.54. The Bertz CT molecular complexity index is 147. The number of piperidine rings is 1. The largest absolute Gasteiger partial charge is 0.306 e. The summed E-state index contributed by atoms with van der Waals surface area (Å²) in [7, 11) is 4.52. The van der Waals surface area contributed by atoms with Gasteiger partial charge in [0.15, 0.2) is 0 Å². The minimum absolute atomic E-state index is 0.909. The number of hydrogen-bond acceptors (Lipinski definition) is 2. The summed E-state index contributed by atoms with van der Waals surface area (Å²) in [5.74, 6) is 0.971. The molecule has 0 bridgehead atoms. The lowest BCUT2D eigenvalue weighted by Gasteiger charge is -2.34. The maximum absolute atomic E-state index is 2.54. The van der Waals surface area contributed by atoms with Gasteiger partial charge in [0.2, 0.25) is 0 Å². The van der Waals surface area contributed by atoms with Gasteiger partial charge in [0, 0.05) is 12.6 Å². The molecule has 0 aromatic rings. The summed E-state index contributed by atoms with van der Waals surface area (Å²) in [6, 6.07) is 0.909. The molecule has 0 amide bonds. The lowest BCUT2D eigenvalue weighted by molar-refractivity contribution is 0.145. The first-order valence-electron chi connectivity index (χ1n) is 5.66. The average molecular weight is 184 g/mol. The standard InChI is InChI=1S/C9H18N2.C2H6/c1-10-5-4-9-8(7-10)3-6-11(9)2;1-2/h8-9H,3-7H2,1-2H3;1-2H3. The average Bonchev–Trinajstić information content (AvgIpc) is 2.51. The molecule has 2 rings (SSSR count). The van der Waals surface area contributed by atoms with Gasteiger partial charge in [-0.2, -0.15) is 0 Å². The van der Waals surface area contributed by atoms with Crippen molar-refractivity contribution in [1.82, 2.24) is 9.80 Å². The molecule has 2 aliphatic rings. The zero-order valence-electron chi connectivity index (χ0n) is 9.58. The van der Waals surface area contributed by atoms with Crippen molar-refractivity contribution in [2.24, 2.45) is 5.92 Å². The van der Waals surface area contributed by atoms with Crippen molar-refractivity contribution < 1.29 is 0 Å². The van der Waals surface area contributed by atoms with Crippen molar-refractivity contribution in [2.45, 2.75) is 32.7 Å². The number of rotatable bonds is 0. The van der Waals surface area contributed by atoms with E-state index in [-0.39, 0.29) is 0 Å². The molecule has 0 spiro atoms. The van der Waals surface area contributed by atoms with Gasteiger partial charge >= 0.3 is 0 Å². The highest BCUT2D eigenvalue weighted by Crippen LogP contribution is 2.29. The highest BCUT2D eigenvalue weighted by atomic mass is 15.2. The Balaban J connectivity index is 0.000000396. The predicted octanol–water partition coefficient (Wildman–Crippen LogP) is 1.67. The Kier molecular flexibility index (Phi) is 4.20. The van der Waals surface area contributed by atoms with Gasteiger partial charge in [-0.1, -0.05) is 13.8 Å². The number of fused-ring (bicyclic) bond motifs is 1. The second-order valence-corrected chi connectivity index (χ2v) is 4.15. The van der Waals surface area contributed by atoms with Crippen molar-refractivity contribution in [1.29, 1.82) is 0 Å². The molecule has 2 saturated heterocycles. The van der Waals surface area contributed by atoms with Crippen LogP contribution in [-0.2, 0) is 0 Å². The van der Waals surface area contributed by atoms with Gasteiger partial charge in [0.25, 0.3) is 0 Å². The minimum Gasteiger partial charge on any atom is -0.306 e. The third-order valence-corrected chi connectivity index (χ3v) is 3.32. The van der Waals surface area contributed by atoms with Crippen LogP contribution in [0.4, 0.5) is 0 Å². The molecule has 0 aromatic heterocycles. The molecule has 0 aliphatic carbocycles. The first-order valence-corrected chi connectivity index (χ1v) is 5.66. The number of nitrogens with zero attached hydrogens (tertiary/aromatic N) is 2. The molecular weight excluding hydrogens is 160 g/mol. The van der Waals surface area contributed by atoms with E-state index in [2.05, 4.69) is 23.9 Å². The molecule has 2 heterocycles. The molecule has 2 unspecified atom stereocenters. The zero-order chi connectivity index (χ0) is 9.84. The predicted molar refractivity (Wildman–Crippen MR) is 58.0 cm³/mol. The van der Waals surface area contributed by atoms with Gasteiger partial charge in [0.1, 0.15) is 0 Å². The van der Waals surface area contributed by atoms with Gasteiger partial charge in [-0.3, -0.25) is 0 Å². The van der Waals surface area contributed by atoms with Crippen molar-refractivity contribution in [3.63, 3.8) is 0 Å². The number of hydrogen-bond donors (Lipinski definition) is 0. The van der Waals surface area contributed by atoms with Crippen LogP contribution in [0.15, 0.2) is 0 Å². The molecule has 13 heavy (non-hydrogen) atoms. The molecule has 78 valence electrons. The normalized spacial score (nSPS) is 35.1. The van der Waals surface area contributed by atoms with E-state index in [4.69, 9.17) is 0 Å². The second-order valence-electron chi connectivity index (χ2n) is 4.15. The summed E-state index contributed by atoms with van der Waals surface area (Å²) in [4.78, 5) is 5.01. The topological polar surface area (TPSA) is 6.48 Å². The summed E-state index contributed by atoms with van der Waals surface area (Å²) in [5.41, 5.74) is 0. The van der Waals surface area contributed by atoms with E-state index in [0.717, 1.165) is 12.0 Å². The molecule has 2 nitrogen and oxygen atoms in total. The maximum Gasteiger partial charge on any atom is 0.0145 e. The minimum atomic E-state index is 0.909. The molecule has 0 saturated carbocycles. The van der Waals surface area contributed by atoms with Crippen LogP contribution in [0.5, 0.6) is 0 Å². The summed E-state index contributed by atoms with van der Waals surface area (Å²) in [5, 5.41) is 0. The fourth-order valence-corrected chi connectivity index (χ4v) is 2.60. The smallest absolute Gasteiger partial charge is 0.0145 e. The van der Waals surface area contributed by atoms with Gasteiger partial charge in [-0.25, -0.2) is 0 Å². The van der Waals surface area contributed by atoms with Crippen LogP contribution in [0.2, 0.25) is 0 Å². The molecule has 0 N–H and O–H groups in total. The summed E-state index contributed by atoms with van der Waals surface area (Å²) >= 11 is 0. The molecule has 0 radical (unpaired) electrons. The summed E-state index contributed by atoms with van der Waals surface area (Å²) in [6.45, 7) is 7.95. The van der Waals surface area contributed by atoms with Crippen LogP contribution >= 0.6 is 0 Å². The van der Waals surface area contributed by atoms with E-state index in [1.807, 2.05) is 13.8 Å².